The molecule has 660 valence electrons. The van der Waals surface area contributed by atoms with Crippen LogP contribution in [-0.2, 0) is 22.6 Å². The van der Waals surface area contributed by atoms with Gasteiger partial charge in [-0.1, -0.05) is 145 Å². The molecule has 22 nitrogen and oxygen atoms in total. The number of ether oxygens (including phenoxy) is 6. The molecule has 14 rings (SSSR count). The fourth-order valence-corrected chi connectivity index (χ4v) is 15.2. The Morgan fingerprint density at radius 3 is 0.865 bits per heavy atom. The van der Waals surface area contributed by atoms with Crippen molar-refractivity contribution in [3.8, 4) is 28.7 Å². The van der Waals surface area contributed by atoms with Crippen molar-refractivity contribution >= 4 is 70.4 Å². The molecule has 8 N–H and O–H groups in total. The molecule has 0 spiro atoms. The highest BCUT2D eigenvalue weighted by Gasteiger charge is 2.29. The van der Waals surface area contributed by atoms with E-state index in [1.54, 1.807) is 48.5 Å². The maximum Gasteiger partial charge on any atom is 0.338 e. The Bertz CT molecular complexity index is 4850. The molecule has 0 aliphatic heterocycles. The van der Waals surface area contributed by atoms with E-state index in [4.69, 9.17) is 28.4 Å². The Kier molecular flexibility index (Phi) is 36.6. The van der Waals surface area contributed by atoms with Crippen LogP contribution in [0.2, 0.25) is 0 Å². The number of Topliss-reactive ketones (excluding diaryl/α,β-unsaturated/α-hetero) is 2. The van der Waals surface area contributed by atoms with E-state index in [9.17, 15) is 38.4 Å². The van der Waals surface area contributed by atoms with Crippen LogP contribution in [0.3, 0.4) is 0 Å². The highest BCUT2D eigenvalue weighted by molar-refractivity contribution is 5.97. The zero-order valence-corrected chi connectivity index (χ0v) is 73.1. The minimum atomic E-state index is -0.356. The van der Waals surface area contributed by atoms with Crippen molar-refractivity contribution in [3.05, 3.63) is 305 Å². The van der Waals surface area contributed by atoms with Crippen LogP contribution in [0.1, 0.15) is 207 Å². The molecule has 0 radical (unpaired) electrons. The molecule has 4 aliphatic rings. The molecule has 0 bridgehead atoms. The lowest BCUT2D eigenvalue weighted by Crippen LogP contribution is -2.41. The van der Waals surface area contributed by atoms with Crippen LogP contribution in [0.25, 0.3) is 0 Å². The zero-order valence-electron chi connectivity index (χ0n) is 73.1. The van der Waals surface area contributed by atoms with Crippen LogP contribution in [0.5, 0.6) is 28.7 Å². The van der Waals surface area contributed by atoms with Gasteiger partial charge in [-0.2, -0.15) is 0 Å². The number of anilines is 4. The lowest BCUT2D eigenvalue weighted by atomic mass is 9.93. The fourth-order valence-electron chi connectivity index (χ4n) is 15.2. The summed E-state index contributed by atoms with van der Waals surface area (Å²) in [6, 6.07) is 79.7. The first kappa shape index (κ1) is 93.5. The van der Waals surface area contributed by atoms with E-state index in [2.05, 4.69) is 49.5 Å². The summed E-state index contributed by atoms with van der Waals surface area (Å²) in [7, 11) is 0. The predicted molar refractivity (Wildman–Crippen MR) is 496 cm³/mol. The molecule has 4 fully saturated rings. The second-order valence-electron chi connectivity index (χ2n) is 32.9. The maximum atomic E-state index is 12.5. The molecule has 22 heteroatoms. The topological polar surface area (TPSA) is 288 Å². The molecule has 0 unspecified atom stereocenters. The normalized spacial score (nSPS) is 18.0. The molecule has 0 aromatic heterocycles. The number of hydrogen-bond acceptors (Lipinski definition) is 14. The molecule has 10 aromatic rings. The number of hydrogen-bond donors (Lipinski definition) is 8. The van der Waals surface area contributed by atoms with Gasteiger partial charge >= 0.3 is 36.1 Å². The standard InChI is InChI=1S/C29H32N2O3.C28H30N2O4.C25H32N2O3.C22H26N2O4/c1-21-7-12-24(13-8-21)30-29(33)31-25-14-18-27(19-15-25)34-26-16-10-23(11-17-26)28(32)20-9-22-5-3-2-4-6-22;1-20-7-11-23(12-8-20)29-28(32)30-24-13-17-26(18-14-24)34-25-15-9-22(10-16-25)27(31)33-19-21-5-3-2-4-6-21;1-3-4-5-24(28)19-8-14-22(15-9-19)30-23-16-12-21(13-17-23)27-25(29)26-20-10-6-18(2)7-11-20;1-15-3-5-17(6-4-15)23-22(26)24-18-7-9-20(10-8-18)28-21-13-11-19(12-14-21)27-16(2)25/h2-8,10-13,16-17,25,27H,9,14-15,18-20H2,1H3,(H2,30,31,33);2-12,15-16,24,26H,13-14,17-19H2,1H3,(H2,29,30,32);6-11,14-15,21,23H,3-5,12-13,16-17H2,1-2H3,(H2,26,27,29);3-6,11-14,18,20H,7-10H2,1-2H3,(H2,23,24,26). The first-order chi connectivity index (χ1) is 61.1. The molecular weight excluding hydrogens is 1590 g/mol. The third kappa shape index (κ3) is 33.1. The van der Waals surface area contributed by atoms with Crippen molar-refractivity contribution in [2.45, 2.75) is 232 Å². The van der Waals surface area contributed by atoms with E-state index in [-0.39, 0.29) is 103 Å². The summed E-state index contributed by atoms with van der Waals surface area (Å²) in [5.74, 6) is 3.22. The number of carbonyl (C=O) groups is 8. The van der Waals surface area contributed by atoms with Crippen LogP contribution in [0, 0.1) is 27.7 Å². The van der Waals surface area contributed by atoms with Crippen LogP contribution >= 0.6 is 0 Å². The van der Waals surface area contributed by atoms with Crippen LogP contribution in [0.15, 0.2) is 255 Å². The first-order valence-electron chi connectivity index (χ1n) is 44.2. The number of esters is 2. The molecule has 10 aromatic carbocycles. The minimum absolute atomic E-state index is 0.0918. The van der Waals surface area contributed by atoms with E-state index in [1.807, 2.05) is 234 Å². The van der Waals surface area contributed by atoms with Gasteiger partial charge in [0.15, 0.2) is 11.6 Å². The number of urea groups is 4. The number of benzene rings is 10. The Hall–Kier alpha value is -13.2. The average molecular weight is 1710 g/mol. The number of rotatable bonds is 28. The summed E-state index contributed by atoms with van der Waals surface area (Å²) < 4.78 is 34.7. The molecule has 0 saturated heterocycles. The van der Waals surface area contributed by atoms with Crippen LogP contribution < -0.4 is 66.2 Å². The van der Waals surface area contributed by atoms with Gasteiger partial charge in [0.05, 0.1) is 30.0 Å². The highest BCUT2D eigenvalue weighted by atomic mass is 16.5. The lowest BCUT2D eigenvalue weighted by Gasteiger charge is -2.29. The van der Waals surface area contributed by atoms with Gasteiger partial charge in [-0.05, 0) is 300 Å². The van der Waals surface area contributed by atoms with Crippen molar-refractivity contribution in [3.63, 3.8) is 0 Å². The van der Waals surface area contributed by atoms with E-state index >= 15 is 0 Å². The second-order valence-corrected chi connectivity index (χ2v) is 32.9. The summed E-state index contributed by atoms with van der Waals surface area (Å²) >= 11 is 0. The Morgan fingerprint density at radius 2 is 0.571 bits per heavy atom. The first-order valence-corrected chi connectivity index (χ1v) is 44.2. The molecule has 4 saturated carbocycles. The number of carbonyl (C=O) groups excluding carboxylic acids is 8. The van der Waals surface area contributed by atoms with Crippen molar-refractivity contribution in [1.82, 2.24) is 21.3 Å². The van der Waals surface area contributed by atoms with Gasteiger partial charge in [-0.15, -0.1) is 0 Å². The Balaban J connectivity index is 0.000000164. The summed E-state index contributed by atoms with van der Waals surface area (Å²) in [4.78, 5) is 96.7. The lowest BCUT2D eigenvalue weighted by molar-refractivity contribution is -0.131. The fraction of sp³-hybridized carbons (Fsp3) is 0.346. The summed E-state index contributed by atoms with van der Waals surface area (Å²) in [6.45, 7) is 11.8. The molecule has 0 atom stereocenters. The van der Waals surface area contributed by atoms with Gasteiger partial charge in [0.1, 0.15) is 35.4 Å². The number of aryl methyl sites for hydroxylation is 5. The molecule has 8 amide bonds. The number of amides is 8. The van der Waals surface area contributed by atoms with Gasteiger partial charge in [0, 0.05) is 77.8 Å². The van der Waals surface area contributed by atoms with E-state index in [0.717, 1.165) is 207 Å². The van der Waals surface area contributed by atoms with E-state index in [1.165, 1.54) is 12.5 Å². The van der Waals surface area contributed by atoms with Crippen LogP contribution in [0.4, 0.5) is 41.9 Å². The molecule has 126 heavy (non-hydrogen) atoms. The number of ketones is 2. The molecule has 0 heterocycles. The minimum Gasteiger partial charge on any atom is -0.490 e. The van der Waals surface area contributed by atoms with Gasteiger partial charge < -0.3 is 71.0 Å². The van der Waals surface area contributed by atoms with Gasteiger partial charge in [0.2, 0.25) is 0 Å². The van der Waals surface area contributed by atoms with Gasteiger partial charge in [-0.25, -0.2) is 24.0 Å². The van der Waals surface area contributed by atoms with Crippen molar-refractivity contribution in [1.29, 1.82) is 0 Å². The Labute approximate surface area is 740 Å². The SMILES string of the molecule is CC(=O)Oc1ccc(OC2CCC(NC(=O)Nc3ccc(C)cc3)CC2)cc1.CCCCC(=O)c1ccc(OC2CCC(NC(=O)Nc3ccc(C)cc3)CC2)cc1.Cc1ccc(NC(=O)NC2CCC(Oc3ccc(C(=O)CCc4ccccc4)cc3)CC2)cc1.Cc1ccc(NC(=O)NC2CCC(Oc3ccc(C(=O)OCc4ccccc4)cc3)CC2)cc1. The van der Waals surface area contributed by atoms with Gasteiger partial charge in [-0.3, -0.25) is 14.4 Å². The van der Waals surface area contributed by atoms with Gasteiger partial charge in [0.25, 0.3) is 0 Å². The second kappa shape index (κ2) is 49.3. The predicted octanol–water partition coefficient (Wildman–Crippen LogP) is 22.5. The monoisotopic (exact) mass is 1700 g/mol. The number of unbranched alkanes of at least 4 members (excludes halogenated alkanes) is 1. The van der Waals surface area contributed by atoms with Crippen LogP contribution in [-0.4, -0.2) is 96.2 Å². The Morgan fingerprint density at radius 1 is 0.302 bits per heavy atom. The third-order valence-electron chi connectivity index (χ3n) is 22.5. The van der Waals surface area contributed by atoms with E-state index < -0.39 is 0 Å². The summed E-state index contributed by atoms with van der Waals surface area (Å²) in [5.41, 5.74) is 11.9. The van der Waals surface area contributed by atoms with Crippen molar-refractivity contribution < 1.29 is 66.8 Å². The summed E-state index contributed by atoms with van der Waals surface area (Å²) in [5, 5.41) is 23.7. The maximum absolute atomic E-state index is 12.5. The molecule has 4 aliphatic carbocycles. The third-order valence-corrected chi connectivity index (χ3v) is 22.5. The smallest absolute Gasteiger partial charge is 0.338 e. The highest BCUT2D eigenvalue weighted by Crippen LogP contribution is 2.31. The quantitative estimate of drug-likeness (QED) is 0.0129. The average Bonchev–Trinajstić information content (AvgIpc) is 0.866. The largest absolute Gasteiger partial charge is 0.490 e. The van der Waals surface area contributed by atoms with Crippen molar-refractivity contribution in [2.75, 3.05) is 21.3 Å². The zero-order chi connectivity index (χ0) is 88.8. The molecular formula is C104H120N8O14. The van der Waals surface area contributed by atoms with Crippen molar-refractivity contribution in [2.24, 2.45) is 0 Å². The van der Waals surface area contributed by atoms with E-state index in [0.29, 0.717) is 24.2 Å². The summed E-state index contributed by atoms with van der Waals surface area (Å²) in [6.07, 6.45) is 18.3. The number of nitrogens with one attached hydrogen (secondary N) is 8.